The van der Waals surface area contributed by atoms with Crippen LogP contribution in [0.15, 0.2) is 0 Å². The number of hydrogen-bond acceptors (Lipinski definition) is 4. The zero-order valence-corrected chi connectivity index (χ0v) is 9.96. The van der Waals surface area contributed by atoms with Gasteiger partial charge in [-0.25, -0.2) is 0 Å². The zero-order valence-electron chi connectivity index (χ0n) is 9.96. The predicted molar refractivity (Wildman–Crippen MR) is 58.5 cm³/mol. The molecule has 0 bridgehead atoms. The lowest BCUT2D eigenvalue weighted by molar-refractivity contribution is -0.128. The number of imide groups is 2. The van der Waals surface area contributed by atoms with E-state index in [4.69, 9.17) is 0 Å². The number of carbonyl (C=O) groups excluding carboxylic acids is 4. The van der Waals surface area contributed by atoms with Crippen molar-refractivity contribution in [3.05, 3.63) is 0 Å². The maximum Gasteiger partial charge on any atom is 0.232 e. The molecule has 2 saturated heterocycles. The summed E-state index contributed by atoms with van der Waals surface area (Å²) >= 11 is 0. The Bertz CT molecular complexity index is 364. The molecule has 17 heavy (non-hydrogen) atoms. The van der Waals surface area contributed by atoms with Gasteiger partial charge in [-0.2, -0.15) is 0 Å². The monoisotopic (exact) mass is 240 g/mol. The molecule has 0 spiro atoms. The lowest BCUT2D eigenvalue weighted by Gasteiger charge is -2.14. The average molecular weight is 240 g/mol. The normalized spacial score (nSPS) is 27.4. The Balaban J connectivity index is 0.000000181. The van der Waals surface area contributed by atoms with Crippen LogP contribution < -0.4 is 10.6 Å². The first-order valence-electron chi connectivity index (χ1n) is 5.54. The van der Waals surface area contributed by atoms with E-state index in [-0.39, 0.29) is 23.6 Å². The Morgan fingerprint density at radius 1 is 1.00 bits per heavy atom. The highest BCUT2D eigenvalue weighted by Gasteiger charge is 2.40. The fraction of sp³-hybridized carbons (Fsp3) is 0.636. The first kappa shape index (κ1) is 13.3. The largest absolute Gasteiger partial charge is 0.296 e. The first-order valence-corrected chi connectivity index (χ1v) is 5.54. The Morgan fingerprint density at radius 3 is 1.71 bits per heavy atom. The molecule has 0 aliphatic carbocycles. The van der Waals surface area contributed by atoms with Gasteiger partial charge in [0.2, 0.25) is 23.6 Å². The highest BCUT2D eigenvalue weighted by atomic mass is 16.2. The van der Waals surface area contributed by atoms with Gasteiger partial charge in [0, 0.05) is 19.3 Å². The van der Waals surface area contributed by atoms with Crippen molar-refractivity contribution in [2.75, 3.05) is 0 Å². The van der Waals surface area contributed by atoms with Crippen LogP contribution in [0.2, 0.25) is 0 Å². The van der Waals surface area contributed by atoms with Crippen molar-refractivity contribution in [3.63, 3.8) is 0 Å². The molecule has 0 saturated carbocycles. The van der Waals surface area contributed by atoms with Crippen molar-refractivity contribution in [2.24, 2.45) is 5.41 Å². The van der Waals surface area contributed by atoms with Gasteiger partial charge in [0.15, 0.2) is 0 Å². The number of carbonyl (C=O) groups is 4. The van der Waals surface area contributed by atoms with Gasteiger partial charge < -0.3 is 0 Å². The third-order valence-electron chi connectivity index (χ3n) is 2.99. The second kappa shape index (κ2) is 5.07. The van der Waals surface area contributed by atoms with Crippen LogP contribution >= 0.6 is 0 Å². The molecule has 2 aliphatic heterocycles. The van der Waals surface area contributed by atoms with E-state index in [0.717, 1.165) is 6.42 Å². The predicted octanol–water partition coefficient (Wildman–Crippen LogP) is -0.128. The van der Waals surface area contributed by atoms with Crippen LogP contribution in [0.4, 0.5) is 0 Å². The lowest BCUT2D eigenvalue weighted by atomic mass is 9.86. The van der Waals surface area contributed by atoms with E-state index in [0.29, 0.717) is 19.3 Å². The summed E-state index contributed by atoms with van der Waals surface area (Å²) in [6, 6.07) is 0. The molecule has 1 unspecified atom stereocenters. The van der Waals surface area contributed by atoms with Crippen molar-refractivity contribution in [2.45, 2.75) is 39.5 Å². The molecule has 94 valence electrons. The molecule has 2 N–H and O–H groups in total. The summed E-state index contributed by atoms with van der Waals surface area (Å²) in [5, 5.41) is 4.42. The van der Waals surface area contributed by atoms with E-state index in [1.165, 1.54) is 0 Å². The van der Waals surface area contributed by atoms with E-state index in [2.05, 4.69) is 10.6 Å². The van der Waals surface area contributed by atoms with Gasteiger partial charge in [0.1, 0.15) is 0 Å². The molecule has 6 nitrogen and oxygen atoms in total. The number of amides is 4. The standard InChI is InChI=1S/C7H11NO2.C4H5NO2/c1-3-7(2)4-5(9)8-6(7)10;6-3-1-2-4(7)5-3/h3-4H2,1-2H3,(H,8,9,10);1-2H2,(H,5,6,7). The molecule has 6 heteroatoms. The molecule has 0 radical (unpaired) electrons. The minimum atomic E-state index is -0.433. The third-order valence-corrected chi connectivity index (χ3v) is 2.99. The molecular formula is C11H16N2O4. The first-order chi connectivity index (χ1) is 7.87. The summed E-state index contributed by atoms with van der Waals surface area (Å²) in [5.41, 5.74) is -0.433. The molecule has 2 aliphatic rings. The second-order valence-corrected chi connectivity index (χ2v) is 4.44. The summed E-state index contributed by atoms with van der Waals surface area (Å²) in [6.45, 7) is 3.73. The van der Waals surface area contributed by atoms with Crippen LogP contribution in [-0.4, -0.2) is 23.6 Å². The third kappa shape index (κ3) is 3.37. The van der Waals surface area contributed by atoms with Crippen molar-refractivity contribution < 1.29 is 19.2 Å². The summed E-state index contributed by atoms with van der Waals surface area (Å²) < 4.78 is 0. The van der Waals surface area contributed by atoms with E-state index in [9.17, 15) is 19.2 Å². The topological polar surface area (TPSA) is 92.3 Å². The van der Waals surface area contributed by atoms with E-state index in [1.807, 2.05) is 13.8 Å². The molecule has 2 heterocycles. The van der Waals surface area contributed by atoms with Gasteiger partial charge in [0.05, 0.1) is 5.41 Å². The number of rotatable bonds is 1. The minimum Gasteiger partial charge on any atom is -0.296 e. The molecule has 0 aromatic carbocycles. The Labute approximate surface area is 99.1 Å². The van der Waals surface area contributed by atoms with Gasteiger partial charge >= 0.3 is 0 Å². The fourth-order valence-electron chi connectivity index (χ4n) is 1.55. The van der Waals surface area contributed by atoms with Gasteiger partial charge in [-0.1, -0.05) is 13.8 Å². The molecule has 4 amide bonds. The van der Waals surface area contributed by atoms with Crippen LogP contribution in [0.25, 0.3) is 0 Å². The number of nitrogens with one attached hydrogen (secondary N) is 2. The maximum absolute atomic E-state index is 11.0. The maximum atomic E-state index is 11.0. The van der Waals surface area contributed by atoms with E-state index < -0.39 is 5.41 Å². The van der Waals surface area contributed by atoms with Crippen molar-refractivity contribution in [3.8, 4) is 0 Å². The van der Waals surface area contributed by atoms with E-state index >= 15 is 0 Å². The molecule has 2 rings (SSSR count). The Hall–Kier alpha value is -1.72. The molecule has 2 fully saturated rings. The van der Waals surface area contributed by atoms with Crippen LogP contribution in [0.3, 0.4) is 0 Å². The lowest BCUT2D eigenvalue weighted by Crippen LogP contribution is -2.28. The van der Waals surface area contributed by atoms with Crippen molar-refractivity contribution in [1.29, 1.82) is 0 Å². The highest BCUT2D eigenvalue weighted by Crippen LogP contribution is 2.29. The minimum absolute atomic E-state index is 0.125. The van der Waals surface area contributed by atoms with Crippen LogP contribution in [0.5, 0.6) is 0 Å². The molecule has 0 aromatic heterocycles. The quantitative estimate of drug-likeness (QED) is 0.624. The summed E-state index contributed by atoms with van der Waals surface area (Å²) in [6.07, 6.45) is 1.82. The average Bonchev–Trinajstić information content (AvgIpc) is 2.73. The molecule has 1 atom stereocenters. The highest BCUT2D eigenvalue weighted by molar-refractivity contribution is 6.05. The van der Waals surface area contributed by atoms with Gasteiger partial charge in [-0.05, 0) is 6.42 Å². The van der Waals surface area contributed by atoms with E-state index in [1.54, 1.807) is 0 Å². The summed E-state index contributed by atoms with van der Waals surface area (Å²) in [7, 11) is 0. The van der Waals surface area contributed by atoms with Crippen molar-refractivity contribution >= 4 is 23.6 Å². The number of hydrogen-bond donors (Lipinski definition) is 2. The zero-order chi connectivity index (χ0) is 13.1. The van der Waals surface area contributed by atoms with Gasteiger partial charge in [-0.3, -0.25) is 29.8 Å². The summed E-state index contributed by atoms with van der Waals surface area (Å²) in [5.74, 6) is -0.565. The van der Waals surface area contributed by atoms with Crippen LogP contribution in [-0.2, 0) is 19.2 Å². The van der Waals surface area contributed by atoms with Crippen molar-refractivity contribution in [1.82, 2.24) is 10.6 Å². The van der Waals surface area contributed by atoms with Gasteiger partial charge in [-0.15, -0.1) is 0 Å². The smallest absolute Gasteiger partial charge is 0.232 e. The Kier molecular flexibility index (Phi) is 3.98. The second-order valence-electron chi connectivity index (χ2n) is 4.44. The molecule has 0 aromatic rings. The van der Waals surface area contributed by atoms with Gasteiger partial charge in [0.25, 0.3) is 0 Å². The SMILES string of the molecule is CCC1(C)CC(=O)NC1=O.O=C1CCC(=O)N1. The fourth-order valence-corrected chi connectivity index (χ4v) is 1.55. The Morgan fingerprint density at radius 2 is 1.53 bits per heavy atom. The molecular weight excluding hydrogens is 224 g/mol. The summed E-state index contributed by atoms with van der Waals surface area (Å²) in [4.78, 5) is 41.9. The van der Waals surface area contributed by atoms with Crippen LogP contribution in [0, 0.1) is 5.41 Å². The van der Waals surface area contributed by atoms with Crippen LogP contribution in [0.1, 0.15) is 39.5 Å².